The summed E-state index contributed by atoms with van der Waals surface area (Å²) >= 11 is 6.44. The van der Waals surface area contributed by atoms with E-state index in [0.29, 0.717) is 29.1 Å². The maximum absolute atomic E-state index is 13.3. The van der Waals surface area contributed by atoms with Crippen molar-refractivity contribution in [2.45, 2.75) is 51.7 Å². The number of fused-ring (bicyclic) bond motifs is 3. The summed E-state index contributed by atoms with van der Waals surface area (Å²) in [6, 6.07) is 16.8. The Morgan fingerprint density at radius 2 is 1.69 bits per heavy atom. The van der Waals surface area contributed by atoms with Gasteiger partial charge in [0.1, 0.15) is 24.5 Å². The lowest BCUT2D eigenvalue weighted by atomic mass is 9.95. The molecule has 0 radical (unpaired) electrons. The molecule has 0 saturated heterocycles. The van der Waals surface area contributed by atoms with Gasteiger partial charge in [-0.05, 0) is 49.4 Å². The molecule has 0 spiro atoms. The fourth-order valence-electron chi connectivity index (χ4n) is 5.64. The summed E-state index contributed by atoms with van der Waals surface area (Å²) in [5.41, 5.74) is 2.25. The molecule has 0 fully saturated rings. The van der Waals surface area contributed by atoms with Crippen molar-refractivity contribution in [2.24, 2.45) is 7.05 Å². The van der Waals surface area contributed by atoms with Crippen molar-refractivity contribution in [3.8, 4) is 5.75 Å². The van der Waals surface area contributed by atoms with Gasteiger partial charge in [0.2, 0.25) is 17.6 Å². The number of aromatic nitrogens is 2. The van der Waals surface area contributed by atoms with E-state index >= 15 is 0 Å². The van der Waals surface area contributed by atoms with Crippen molar-refractivity contribution >= 4 is 69.4 Å². The second kappa shape index (κ2) is 15.5. The van der Waals surface area contributed by atoms with Crippen LogP contribution in [0.4, 0.5) is 22.0 Å². The van der Waals surface area contributed by atoms with Crippen LogP contribution >= 0.6 is 11.6 Å². The minimum absolute atomic E-state index is 0.0777. The van der Waals surface area contributed by atoms with Crippen LogP contribution in [0.5, 0.6) is 5.75 Å². The number of nitrogens with one attached hydrogen (secondary N) is 3. The summed E-state index contributed by atoms with van der Waals surface area (Å²) in [6.07, 6.45) is 0.595. The van der Waals surface area contributed by atoms with Crippen LogP contribution in [-0.4, -0.2) is 69.0 Å². The molecule has 4 amide bonds. The second-order valence-corrected chi connectivity index (χ2v) is 13.3. The highest BCUT2D eigenvalue weighted by Gasteiger charge is 2.37. The predicted molar refractivity (Wildman–Crippen MR) is 191 cm³/mol. The van der Waals surface area contributed by atoms with E-state index in [9.17, 15) is 24.0 Å². The van der Waals surface area contributed by atoms with E-state index in [-0.39, 0.29) is 42.9 Å². The molecule has 1 aliphatic heterocycles. The predicted octanol–water partition coefficient (Wildman–Crippen LogP) is 5.40. The second-order valence-electron chi connectivity index (χ2n) is 13.0. The van der Waals surface area contributed by atoms with Gasteiger partial charge in [0, 0.05) is 61.6 Å². The van der Waals surface area contributed by atoms with Gasteiger partial charge in [-0.2, -0.15) is 0 Å². The molecule has 3 aromatic carbocycles. The number of benzene rings is 3. The highest BCUT2D eigenvalue weighted by Crippen LogP contribution is 2.46. The summed E-state index contributed by atoms with van der Waals surface area (Å²) in [4.78, 5) is 67.4. The molecule has 14 nitrogen and oxygen atoms in total. The van der Waals surface area contributed by atoms with Gasteiger partial charge in [-0.15, -0.1) is 11.6 Å². The molecule has 1 unspecified atom stereocenters. The molecule has 4 N–H and O–H groups in total. The van der Waals surface area contributed by atoms with Crippen LogP contribution in [0.25, 0.3) is 10.8 Å². The Hall–Kier alpha value is -5.63. The van der Waals surface area contributed by atoms with Crippen molar-refractivity contribution in [1.82, 2.24) is 14.9 Å². The maximum atomic E-state index is 13.3. The van der Waals surface area contributed by atoms with Gasteiger partial charge < -0.3 is 35.1 Å². The monoisotopic (exact) mass is 718 g/mol. The third kappa shape index (κ3) is 9.14. The number of carboxylic acids is 1. The smallest absolute Gasteiger partial charge is 0.414 e. The molecule has 15 heteroatoms. The number of aliphatic carboxylic acids is 1. The third-order valence-electron chi connectivity index (χ3n) is 7.87. The van der Waals surface area contributed by atoms with Crippen LogP contribution in [0.2, 0.25) is 0 Å². The van der Waals surface area contributed by atoms with Gasteiger partial charge in [-0.25, -0.2) is 9.78 Å². The number of halogens is 1. The number of alkyl halides is 1. The topological polar surface area (TPSA) is 181 Å². The lowest BCUT2D eigenvalue weighted by Crippen LogP contribution is -2.36. The Bertz CT molecular complexity index is 1970. The molecule has 1 aromatic heterocycles. The standard InChI is InChI=1S/C36H39ClN6O8/c1-36(2,3)51-35(49)43-18-22(16-37)32-24-11-10-23(14-25(24)27(15-26(32)43)50-20-21-8-6-5-7-9-21)39-29(44)12-13-30(45)40-28-19-42(4)33(41-28)34(48)38-17-31(46)47/h5-11,14-15,19,22H,12-13,16-18,20H2,1-4H3,(H,38,48)(H,39,44)(H,40,45)(H,46,47). The van der Waals surface area contributed by atoms with Crippen molar-refractivity contribution in [1.29, 1.82) is 0 Å². The Balaban J connectivity index is 1.33. The van der Waals surface area contributed by atoms with Crippen molar-refractivity contribution < 1.29 is 38.6 Å². The van der Waals surface area contributed by atoms with Gasteiger partial charge in [0.25, 0.3) is 5.91 Å². The lowest BCUT2D eigenvalue weighted by molar-refractivity contribution is -0.135. The molecule has 2 heterocycles. The first-order valence-electron chi connectivity index (χ1n) is 16.2. The largest absolute Gasteiger partial charge is 0.488 e. The molecule has 0 bridgehead atoms. The van der Waals surface area contributed by atoms with Crippen molar-refractivity contribution in [3.63, 3.8) is 0 Å². The van der Waals surface area contributed by atoms with E-state index < -0.39 is 41.9 Å². The molecule has 51 heavy (non-hydrogen) atoms. The van der Waals surface area contributed by atoms with Crippen molar-refractivity contribution in [3.05, 3.63) is 77.7 Å². The first-order chi connectivity index (χ1) is 24.2. The number of amides is 4. The zero-order valence-electron chi connectivity index (χ0n) is 28.6. The van der Waals surface area contributed by atoms with E-state index in [2.05, 4.69) is 20.9 Å². The fourth-order valence-corrected chi connectivity index (χ4v) is 5.89. The molecule has 5 rings (SSSR count). The number of carboxylic acid groups (broad SMARTS) is 1. The Morgan fingerprint density at radius 1 is 0.980 bits per heavy atom. The molecule has 4 aromatic rings. The molecular formula is C36H39ClN6O8. The van der Waals surface area contributed by atoms with Crippen LogP contribution in [0.1, 0.15) is 61.3 Å². The van der Waals surface area contributed by atoms with Gasteiger partial charge in [0.15, 0.2) is 5.82 Å². The maximum Gasteiger partial charge on any atom is 0.414 e. The minimum Gasteiger partial charge on any atom is -0.488 e. The van der Waals surface area contributed by atoms with E-state index in [1.807, 2.05) is 63.2 Å². The van der Waals surface area contributed by atoms with Crippen molar-refractivity contribution in [2.75, 3.05) is 34.5 Å². The molecule has 1 atom stereocenters. The summed E-state index contributed by atoms with van der Waals surface area (Å²) in [5.74, 6) is -2.26. The highest BCUT2D eigenvalue weighted by atomic mass is 35.5. The number of carbonyl (C=O) groups excluding carboxylic acids is 4. The molecule has 268 valence electrons. The summed E-state index contributed by atoms with van der Waals surface area (Å²) in [6.45, 7) is 5.45. The average Bonchev–Trinajstić information content (AvgIpc) is 3.64. The number of anilines is 3. The van der Waals surface area contributed by atoms with E-state index in [0.717, 1.165) is 16.5 Å². The van der Waals surface area contributed by atoms with E-state index in [4.69, 9.17) is 26.2 Å². The molecule has 1 aliphatic rings. The number of carbonyl (C=O) groups is 5. The molecular weight excluding hydrogens is 680 g/mol. The number of hydrogen-bond donors (Lipinski definition) is 4. The zero-order valence-corrected chi connectivity index (χ0v) is 29.4. The number of aryl methyl sites for hydroxylation is 1. The third-order valence-corrected chi connectivity index (χ3v) is 8.24. The van der Waals surface area contributed by atoms with Gasteiger partial charge >= 0.3 is 12.1 Å². The van der Waals surface area contributed by atoms with E-state index in [1.165, 1.54) is 17.8 Å². The quantitative estimate of drug-likeness (QED) is 0.139. The van der Waals surface area contributed by atoms with Crippen LogP contribution in [0.3, 0.4) is 0 Å². The SMILES string of the molecule is Cn1cc(NC(=O)CCC(=O)Nc2ccc3c4c(cc(OCc5ccccc5)c3c2)N(C(=O)OC(C)(C)C)CC4CCl)nc1C(=O)NCC(=O)O. The number of ether oxygens (including phenoxy) is 2. The normalized spacial score (nSPS) is 13.7. The van der Waals surface area contributed by atoms with Crippen LogP contribution in [0, 0.1) is 0 Å². The van der Waals surface area contributed by atoms with Crippen LogP contribution < -0.4 is 25.6 Å². The van der Waals surface area contributed by atoms with Gasteiger partial charge in [0.05, 0.1) is 5.69 Å². The molecule has 0 aliphatic carbocycles. The molecule has 0 saturated carbocycles. The zero-order chi connectivity index (χ0) is 36.9. The number of rotatable bonds is 12. The van der Waals surface area contributed by atoms with E-state index in [1.54, 1.807) is 17.0 Å². The first kappa shape index (κ1) is 36.6. The highest BCUT2D eigenvalue weighted by molar-refractivity contribution is 6.19. The summed E-state index contributed by atoms with van der Waals surface area (Å²) in [7, 11) is 1.52. The minimum atomic E-state index is -1.21. The number of nitrogens with zero attached hydrogens (tertiary/aromatic N) is 3. The fraction of sp³-hybridized carbons (Fsp3) is 0.333. The number of imidazole rings is 1. The Kier molecular flexibility index (Phi) is 11.1. The van der Waals surface area contributed by atoms with Crippen LogP contribution in [0.15, 0.2) is 60.8 Å². The Morgan fingerprint density at radius 3 is 2.35 bits per heavy atom. The summed E-state index contributed by atoms with van der Waals surface area (Å²) < 4.78 is 13.4. The van der Waals surface area contributed by atoms with Gasteiger partial charge in [-0.3, -0.25) is 24.1 Å². The lowest BCUT2D eigenvalue weighted by Gasteiger charge is -2.25. The number of hydrogen-bond acceptors (Lipinski definition) is 8. The Labute approximate surface area is 299 Å². The summed E-state index contributed by atoms with van der Waals surface area (Å²) in [5, 5.41) is 17.9. The van der Waals surface area contributed by atoms with Gasteiger partial charge in [-0.1, -0.05) is 36.4 Å². The first-order valence-corrected chi connectivity index (χ1v) is 16.7. The van der Waals surface area contributed by atoms with Crippen LogP contribution in [-0.2, 0) is 32.8 Å². The average molecular weight is 719 g/mol.